The quantitative estimate of drug-likeness (QED) is 0.597. The number of hydrogen-bond acceptors (Lipinski definition) is 4. The highest BCUT2D eigenvalue weighted by Crippen LogP contribution is 1.90. The van der Waals surface area contributed by atoms with E-state index in [-0.39, 0.29) is 31.8 Å². The second-order valence-corrected chi connectivity index (χ2v) is 2.67. The maximum atomic E-state index is 11.0. The molecular weight excluding hydrogens is 202 g/mol. The first kappa shape index (κ1) is 13.2. The van der Waals surface area contributed by atoms with Gasteiger partial charge in [-0.05, 0) is 0 Å². The Kier molecular flexibility index (Phi) is 6.61. The van der Waals surface area contributed by atoms with E-state index in [2.05, 4.69) is 16.6 Å². The van der Waals surface area contributed by atoms with Gasteiger partial charge in [-0.2, -0.15) is 0 Å². The fraction of sp³-hybridized carbons (Fsp3) is 0.444. The number of rotatable bonds is 7. The van der Waals surface area contributed by atoms with Crippen molar-refractivity contribution in [1.82, 2.24) is 5.32 Å². The molecule has 0 atom stereocenters. The molecule has 6 nitrogen and oxygen atoms in total. The third-order valence-electron chi connectivity index (χ3n) is 1.38. The average molecular weight is 215 g/mol. The summed E-state index contributed by atoms with van der Waals surface area (Å²) < 4.78 is 4.53. The van der Waals surface area contributed by atoms with Crippen molar-refractivity contribution in [3.63, 3.8) is 0 Å². The van der Waals surface area contributed by atoms with Crippen LogP contribution in [0.5, 0.6) is 0 Å². The van der Waals surface area contributed by atoms with Gasteiger partial charge in [-0.15, -0.1) is 0 Å². The standard InChI is InChI=1S/C9H13NO5/c1-2-5-15-9(14)10-6-7(11)3-4-8(12)13/h2H,1,3-6H2,(H,10,14)(H,12,13). The Labute approximate surface area is 86.9 Å². The van der Waals surface area contributed by atoms with Crippen molar-refractivity contribution in [2.45, 2.75) is 12.8 Å². The van der Waals surface area contributed by atoms with Gasteiger partial charge in [0.1, 0.15) is 6.61 Å². The zero-order valence-electron chi connectivity index (χ0n) is 8.19. The zero-order chi connectivity index (χ0) is 11.7. The Morgan fingerprint density at radius 1 is 1.33 bits per heavy atom. The van der Waals surface area contributed by atoms with E-state index in [9.17, 15) is 14.4 Å². The minimum absolute atomic E-state index is 0.0646. The lowest BCUT2D eigenvalue weighted by Crippen LogP contribution is -2.30. The molecular formula is C9H13NO5. The fourth-order valence-electron chi connectivity index (χ4n) is 0.691. The molecule has 0 rings (SSSR count). The average Bonchev–Trinajstić information content (AvgIpc) is 2.20. The molecule has 0 unspecified atom stereocenters. The van der Waals surface area contributed by atoms with E-state index in [0.717, 1.165) is 0 Å². The van der Waals surface area contributed by atoms with Crippen LogP contribution in [0.15, 0.2) is 12.7 Å². The molecule has 0 saturated heterocycles. The van der Waals surface area contributed by atoms with Gasteiger partial charge in [0.2, 0.25) is 0 Å². The summed E-state index contributed by atoms with van der Waals surface area (Å²) in [6.45, 7) is 3.19. The first-order valence-electron chi connectivity index (χ1n) is 4.31. The van der Waals surface area contributed by atoms with Gasteiger partial charge in [-0.25, -0.2) is 4.79 Å². The Hall–Kier alpha value is -1.85. The zero-order valence-corrected chi connectivity index (χ0v) is 8.19. The van der Waals surface area contributed by atoms with Crippen LogP contribution in [0.25, 0.3) is 0 Å². The number of alkyl carbamates (subject to hydrolysis) is 1. The normalized spacial score (nSPS) is 9.07. The molecule has 1 amide bonds. The molecule has 0 aliphatic rings. The summed E-state index contributed by atoms with van der Waals surface area (Å²) >= 11 is 0. The van der Waals surface area contributed by atoms with E-state index in [1.165, 1.54) is 6.08 Å². The number of carboxylic acid groups (broad SMARTS) is 1. The predicted octanol–water partition coefficient (Wildman–Crippen LogP) is 0.332. The van der Waals surface area contributed by atoms with E-state index in [4.69, 9.17) is 5.11 Å². The molecule has 0 aromatic heterocycles. The second kappa shape index (κ2) is 7.54. The lowest BCUT2D eigenvalue weighted by Gasteiger charge is -2.03. The number of carboxylic acids is 1. The minimum Gasteiger partial charge on any atom is -0.481 e. The summed E-state index contributed by atoms with van der Waals surface area (Å²) in [5.74, 6) is -1.40. The summed E-state index contributed by atoms with van der Waals surface area (Å²) in [5, 5.41) is 10.5. The van der Waals surface area contributed by atoms with Gasteiger partial charge in [-0.1, -0.05) is 12.7 Å². The highest BCUT2D eigenvalue weighted by molar-refractivity contribution is 5.86. The van der Waals surface area contributed by atoms with Crippen LogP contribution in [-0.4, -0.2) is 36.1 Å². The van der Waals surface area contributed by atoms with E-state index in [1.807, 2.05) is 0 Å². The Balaban J connectivity index is 3.57. The van der Waals surface area contributed by atoms with Crippen LogP contribution in [0.3, 0.4) is 0 Å². The van der Waals surface area contributed by atoms with Gasteiger partial charge in [0.25, 0.3) is 0 Å². The van der Waals surface area contributed by atoms with Crippen LogP contribution < -0.4 is 5.32 Å². The summed E-state index contributed by atoms with van der Waals surface area (Å²) in [7, 11) is 0. The van der Waals surface area contributed by atoms with Gasteiger partial charge >= 0.3 is 12.1 Å². The number of ketones is 1. The van der Waals surface area contributed by atoms with Gasteiger partial charge in [0.15, 0.2) is 5.78 Å². The molecule has 84 valence electrons. The molecule has 0 fully saturated rings. The number of Topliss-reactive ketones (excluding diaryl/α,β-unsaturated/α-hetero) is 1. The molecule has 0 aromatic carbocycles. The lowest BCUT2D eigenvalue weighted by atomic mass is 10.2. The molecule has 0 saturated carbocycles. The van der Waals surface area contributed by atoms with E-state index >= 15 is 0 Å². The number of amides is 1. The largest absolute Gasteiger partial charge is 0.481 e. The molecule has 6 heteroatoms. The van der Waals surface area contributed by atoms with Crippen molar-refractivity contribution >= 4 is 17.8 Å². The maximum absolute atomic E-state index is 11.0. The van der Waals surface area contributed by atoms with Crippen LogP contribution in [0, 0.1) is 0 Å². The Morgan fingerprint density at radius 2 is 2.00 bits per heavy atom. The molecule has 0 bridgehead atoms. The Morgan fingerprint density at radius 3 is 2.53 bits per heavy atom. The third-order valence-corrected chi connectivity index (χ3v) is 1.38. The van der Waals surface area contributed by atoms with Crippen LogP contribution in [0.2, 0.25) is 0 Å². The van der Waals surface area contributed by atoms with E-state index in [0.29, 0.717) is 0 Å². The smallest absolute Gasteiger partial charge is 0.407 e. The SMILES string of the molecule is C=CCOC(=O)NCC(=O)CCC(=O)O. The predicted molar refractivity (Wildman–Crippen MR) is 51.4 cm³/mol. The molecule has 0 aliphatic carbocycles. The van der Waals surface area contributed by atoms with Gasteiger partial charge in [0.05, 0.1) is 13.0 Å². The van der Waals surface area contributed by atoms with Crippen LogP contribution in [0.4, 0.5) is 4.79 Å². The monoisotopic (exact) mass is 215 g/mol. The number of aliphatic carboxylic acids is 1. The Bertz CT molecular complexity index is 261. The summed E-state index contributed by atoms with van der Waals surface area (Å²) in [5.41, 5.74) is 0. The summed E-state index contributed by atoms with van der Waals surface area (Å²) in [6, 6.07) is 0. The van der Waals surface area contributed by atoms with Crippen molar-refractivity contribution in [2.24, 2.45) is 0 Å². The van der Waals surface area contributed by atoms with Crippen LogP contribution in [-0.2, 0) is 14.3 Å². The van der Waals surface area contributed by atoms with E-state index in [1.54, 1.807) is 0 Å². The highest BCUT2D eigenvalue weighted by Gasteiger charge is 2.07. The van der Waals surface area contributed by atoms with Crippen molar-refractivity contribution in [3.05, 3.63) is 12.7 Å². The molecule has 2 N–H and O–H groups in total. The first-order valence-corrected chi connectivity index (χ1v) is 4.31. The number of nitrogens with one attached hydrogen (secondary N) is 1. The molecule has 0 heterocycles. The molecule has 15 heavy (non-hydrogen) atoms. The fourth-order valence-corrected chi connectivity index (χ4v) is 0.691. The molecule has 0 aromatic rings. The maximum Gasteiger partial charge on any atom is 0.407 e. The van der Waals surface area contributed by atoms with Crippen LogP contribution in [0.1, 0.15) is 12.8 Å². The first-order chi connectivity index (χ1) is 7.06. The van der Waals surface area contributed by atoms with Gasteiger partial charge < -0.3 is 15.2 Å². The van der Waals surface area contributed by atoms with E-state index < -0.39 is 12.1 Å². The number of ether oxygens (including phenoxy) is 1. The molecule has 0 aliphatic heterocycles. The van der Waals surface area contributed by atoms with Crippen molar-refractivity contribution < 1.29 is 24.2 Å². The van der Waals surface area contributed by atoms with Gasteiger partial charge in [0, 0.05) is 6.42 Å². The minimum atomic E-state index is -1.04. The van der Waals surface area contributed by atoms with Crippen LogP contribution >= 0.6 is 0 Å². The highest BCUT2D eigenvalue weighted by atomic mass is 16.5. The summed E-state index contributed by atoms with van der Waals surface area (Å²) in [4.78, 5) is 31.9. The molecule has 0 spiro atoms. The lowest BCUT2D eigenvalue weighted by molar-refractivity contribution is -0.138. The number of hydrogen-bond donors (Lipinski definition) is 2. The summed E-state index contributed by atoms with van der Waals surface area (Å²) in [6.07, 6.45) is 0.337. The van der Waals surface area contributed by atoms with Crippen molar-refractivity contribution in [3.8, 4) is 0 Å². The van der Waals surface area contributed by atoms with Crippen molar-refractivity contribution in [2.75, 3.05) is 13.2 Å². The van der Waals surface area contributed by atoms with Crippen molar-refractivity contribution in [1.29, 1.82) is 0 Å². The number of carbonyl (C=O) groups is 3. The van der Waals surface area contributed by atoms with Gasteiger partial charge in [-0.3, -0.25) is 9.59 Å². The second-order valence-electron chi connectivity index (χ2n) is 2.67. The third kappa shape index (κ3) is 8.48. The topological polar surface area (TPSA) is 92.7 Å². The number of carbonyl (C=O) groups excluding carboxylic acids is 2. The molecule has 0 radical (unpaired) electrons.